The average Bonchev–Trinajstić information content (AvgIpc) is 3.14. The van der Waals surface area contributed by atoms with E-state index in [0.717, 1.165) is 22.1 Å². The third kappa shape index (κ3) is 3.33. The van der Waals surface area contributed by atoms with E-state index in [0.29, 0.717) is 15.9 Å². The quantitative estimate of drug-likeness (QED) is 0.514. The summed E-state index contributed by atoms with van der Waals surface area (Å²) in [6.07, 6.45) is 0. The number of hydrogen-bond donors (Lipinski definition) is 2. The first-order valence-corrected chi connectivity index (χ1v) is 9.52. The molecular formula is C18H16ClN5O2S. The minimum atomic E-state index is -0.154. The van der Waals surface area contributed by atoms with E-state index in [1.54, 1.807) is 47.5 Å². The minimum absolute atomic E-state index is 0.103. The van der Waals surface area contributed by atoms with Crippen molar-refractivity contribution in [3.63, 3.8) is 0 Å². The van der Waals surface area contributed by atoms with Crippen LogP contribution < -0.4 is 11.0 Å². The lowest BCUT2D eigenvalue weighted by Gasteiger charge is -2.05. The number of carbonyl (C=O) groups excluding carboxylic acids is 1. The van der Waals surface area contributed by atoms with Gasteiger partial charge in [0, 0.05) is 24.8 Å². The standard InChI is InChI=1S/C18H16ClN5O2S/c1-23-14-6-4-11(8-15(14)24(2)18(23)26)20-16(25)9-27-17-21-12-5-3-10(19)7-13(12)22-17/h3-8H,9H2,1-2H3,(H,20,25)(H,21,22). The van der Waals surface area contributed by atoms with Crippen LogP contribution in [-0.2, 0) is 18.9 Å². The van der Waals surface area contributed by atoms with Crippen LogP contribution in [0, 0.1) is 0 Å². The number of carbonyl (C=O) groups is 1. The Balaban J connectivity index is 1.46. The Morgan fingerprint density at radius 2 is 1.96 bits per heavy atom. The van der Waals surface area contributed by atoms with Crippen molar-refractivity contribution in [3.05, 3.63) is 51.9 Å². The lowest BCUT2D eigenvalue weighted by molar-refractivity contribution is -0.113. The van der Waals surface area contributed by atoms with Gasteiger partial charge in [-0.1, -0.05) is 23.4 Å². The van der Waals surface area contributed by atoms with Crippen LogP contribution in [0.3, 0.4) is 0 Å². The highest BCUT2D eigenvalue weighted by atomic mass is 35.5. The summed E-state index contributed by atoms with van der Waals surface area (Å²) in [5.74, 6) is 0.0537. The number of anilines is 1. The fourth-order valence-corrected chi connectivity index (χ4v) is 3.80. The predicted molar refractivity (Wildman–Crippen MR) is 109 cm³/mol. The highest BCUT2D eigenvalue weighted by Gasteiger charge is 2.11. The van der Waals surface area contributed by atoms with Gasteiger partial charge in [0.2, 0.25) is 5.91 Å². The normalized spacial score (nSPS) is 11.4. The van der Waals surface area contributed by atoms with Crippen LogP contribution in [0.25, 0.3) is 22.1 Å². The number of imidazole rings is 2. The van der Waals surface area contributed by atoms with E-state index in [1.807, 2.05) is 12.1 Å². The Morgan fingerprint density at radius 3 is 2.78 bits per heavy atom. The molecule has 0 saturated carbocycles. The summed E-state index contributed by atoms with van der Waals surface area (Å²) >= 11 is 7.28. The summed E-state index contributed by atoms with van der Waals surface area (Å²) in [6, 6.07) is 10.8. The molecule has 2 heterocycles. The van der Waals surface area contributed by atoms with Crippen molar-refractivity contribution in [2.24, 2.45) is 14.1 Å². The van der Waals surface area contributed by atoms with E-state index in [9.17, 15) is 9.59 Å². The average molecular weight is 402 g/mol. The third-order valence-corrected chi connectivity index (χ3v) is 5.43. The molecule has 4 rings (SSSR count). The fourth-order valence-electron chi connectivity index (χ4n) is 2.94. The molecule has 0 bridgehead atoms. The van der Waals surface area contributed by atoms with Gasteiger partial charge < -0.3 is 10.3 Å². The van der Waals surface area contributed by atoms with Crippen molar-refractivity contribution in [1.82, 2.24) is 19.1 Å². The number of thioether (sulfide) groups is 1. The van der Waals surface area contributed by atoms with E-state index in [-0.39, 0.29) is 17.3 Å². The summed E-state index contributed by atoms with van der Waals surface area (Å²) in [5.41, 5.74) is 3.76. The Labute approximate surface area is 163 Å². The van der Waals surface area contributed by atoms with Crippen LogP contribution in [0.4, 0.5) is 5.69 Å². The van der Waals surface area contributed by atoms with Gasteiger partial charge in [0.05, 0.1) is 27.8 Å². The van der Waals surface area contributed by atoms with Gasteiger partial charge in [-0.2, -0.15) is 0 Å². The Hall–Kier alpha value is -2.71. The second kappa shape index (κ2) is 6.79. The number of hydrogen-bond acceptors (Lipinski definition) is 4. The van der Waals surface area contributed by atoms with E-state index in [1.165, 1.54) is 11.8 Å². The van der Waals surface area contributed by atoms with Gasteiger partial charge in [-0.15, -0.1) is 0 Å². The number of aryl methyl sites for hydroxylation is 2. The number of aromatic nitrogens is 4. The van der Waals surface area contributed by atoms with E-state index in [2.05, 4.69) is 15.3 Å². The van der Waals surface area contributed by atoms with Crippen molar-refractivity contribution in [1.29, 1.82) is 0 Å². The number of aromatic amines is 1. The first-order chi connectivity index (χ1) is 12.9. The summed E-state index contributed by atoms with van der Waals surface area (Å²) in [7, 11) is 3.43. The molecule has 0 aliphatic carbocycles. The summed E-state index contributed by atoms with van der Waals surface area (Å²) in [4.78, 5) is 31.8. The minimum Gasteiger partial charge on any atom is -0.333 e. The Kier molecular flexibility index (Phi) is 4.45. The molecule has 0 spiro atoms. The van der Waals surface area contributed by atoms with Crippen LogP contribution in [0.1, 0.15) is 0 Å². The molecule has 1 amide bonds. The lowest BCUT2D eigenvalue weighted by Crippen LogP contribution is -2.19. The largest absolute Gasteiger partial charge is 0.333 e. The smallest absolute Gasteiger partial charge is 0.328 e. The number of rotatable bonds is 4. The second-order valence-corrected chi connectivity index (χ2v) is 7.54. The van der Waals surface area contributed by atoms with Crippen LogP contribution in [0.2, 0.25) is 5.02 Å². The van der Waals surface area contributed by atoms with Crippen molar-refractivity contribution < 1.29 is 4.79 Å². The molecule has 2 aromatic heterocycles. The maximum absolute atomic E-state index is 12.3. The highest BCUT2D eigenvalue weighted by molar-refractivity contribution is 7.99. The highest BCUT2D eigenvalue weighted by Crippen LogP contribution is 2.23. The van der Waals surface area contributed by atoms with Gasteiger partial charge in [0.1, 0.15) is 0 Å². The molecule has 2 N–H and O–H groups in total. The van der Waals surface area contributed by atoms with Gasteiger partial charge in [0.25, 0.3) is 0 Å². The molecule has 0 aliphatic heterocycles. The van der Waals surface area contributed by atoms with Gasteiger partial charge in [-0.3, -0.25) is 13.9 Å². The third-order valence-electron chi connectivity index (χ3n) is 4.32. The number of benzene rings is 2. The monoisotopic (exact) mass is 401 g/mol. The SMILES string of the molecule is Cn1c(=O)n(C)c2cc(NC(=O)CSc3nc4ccc(Cl)cc4[nH]3)ccc21. The summed E-state index contributed by atoms with van der Waals surface area (Å²) in [6.45, 7) is 0. The molecule has 7 nitrogen and oxygen atoms in total. The number of amides is 1. The van der Waals surface area contributed by atoms with E-state index in [4.69, 9.17) is 11.6 Å². The molecule has 0 atom stereocenters. The molecule has 0 saturated heterocycles. The number of H-pyrrole nitrogens is 1. The molecule has 0 radical (unpaired) electrons. The summed E-state index contributed by atoms with van der Waals surface area (Å²) in [5, 5.41) is 4.14. The zero-order valence-corrected chi connectivity index (χ0v) is 16.2. The Bertz CT molecular complexity index is 1240. The maximum Gasteiger partial charge on any atom is 0.328 e. The molecule has 4 aromatic rings. The zero-order chi connectivity index (χ0) is 19.1. The van der Waals surface area contributed by atoms with Gasteiger partial charge >= 0.3 is 5.69 Å². The van der Waals surface area contributed by atoms with Crippen LogP contribution >= 0.6 is 23.4 Å². The molecule has 2 aromatic carbocycles. The molecule has 9 heteroatoms. The molecule has 27 heavy (non-hydrogen) atoms. The Morgan fingerprint density at radius 1 is 1.19 bits per heavy atom. The predicted octanol–water partition coefficient (Wildman–Crippen LogP) is 3.14. The fraction of sp³-hybridized carbons (Fsp3) is 0.167. The molecular weight excluding hydrogens is 386 g/mol. The first kappa shape index (κ1) is 17.7. The van der Waals surface area contributed by atoms with Crippen molar-refractivity contribution in [2.45, 2.75) is 5.16 Å². The first-order valence-electron chi connectivity index (χ1n) is 8.16. The van der Waals surface area contributed by atoms with Crippen LogP contribution in [-0.4, -0.2) is 30.8 Å². The van der Waals surface area contributed by atoms with Crippen molar-refractivity contribution >= 4 is 57.0 Å². The van der Waals surface area contributed by atoms with E-state index >= 15 is 0 Å². The topological polar surface area (TPSA) is 84.7 Å². The van der Waals surface area contributed by atoms with Crippen LogP contribution in [0.5, 0.6) is 0 Å². The maximum atomic E-state index is 12.3. The molecule has 0 fully saturated rings. The lowest BCUT2D eigenvalue weighted by atomic mass is 10.2. The molecule has 0 aliphatic rings. The molecule has 0 unspecified atom stereocenters. The number of nitrogens with one attached hydrogen (secondary N) is 2. The van der Waals surface area contributed by atoms with E-state index < -0.39 is 0 Å². The number of fused-ring (bicyclic) bond motifs is 2. The van der Waals surface area contributed by atoms with Crippen molar-refractivity contribution in [3.8, 4) is 0 Å². The van der Waals surface area contributed by atoms with Crippen molar-refractivity contribution in [2.75, 3.05) is 11.1 Å². The zero-order valence-electron chi connectivity index (χ0n) is 14.6. The second-order valence-electron chi connectivity index (χ2n) is 6.14. The number of nitrogens with zero attached hydrogens (tertiary/aromatic N) is 3. The van der Waals surface area contributed by atoms with Crippen LogP contribution in [0.15, 0.2) is 46.3 Å². The van der Waals surface area contributed by atoms with Gasteiger partial charge in [0.15, 0.2) is 5.16 Å². The van der Waals surface area contributed by atoms with Gasteiger partial charge in [-0.25, -0.2) is 9.78 Å². The number of halogens is 1. The van der Waals surface area contributed by atoms with Gasteiger partial charge in [-0.05, 0) is 36.4 Å². The molecule has 138 valence electrons. The summed E-state index contributed by atoms with van der Waals surface area (Å²) < 4.78 is 3.13.